The molecule has 1 aromatic heterocycles. The predicted octanol–water partition coefficient (Wildman–Crippen LogP) is 6.03. The van der Waals surface area contributed by atoms with Crippen LogP contribution >= 0.6 is 45.2 Å². The summed E-state index contributed by atoms with van der Waals surface area (Å²) < 4.78 is 8.32. The molecule has 160 valence electrons. The molecule has 0 spiro atoms. The van der Waals surface area contributed by atoms with E-state index >= 15 is 0 Å². The van der Waals surface area contributed by atoms with Crippen LogP contribution < -0.4 is 0 Å². The molecule has 1 saturated heterocycles. The van der Waals surface area contributed by atoms with Crippen LogP contribution in [-0.2, 0) is 9.96 Å². The number of nitrogens with zero attached hydrogens (tertiary/aromatic N) is 2. The van der Waals surface area contributed by atoms with Crippen molar-refractivity contribution in [3.05, 3.63) is 13.2 Å². The van der Waals surface area contributed by atoms with Gasteiger partial charge in [-0.2, -0.15) is 0 Å². The largest absolute Gasteiger partial charge is 0.465 e. The van der Waals surface area contributed by atoms with Crippen molar-refractivity contribution in [3.8, 4) is 0 Å². The first kappa shape index (κ1) is 24.4. The Morgan fingerprint density at radius 3 is 2.54 bits per heavy atom. The highest BCUT2D eigenvalue weighted by Gasteiger charge is 2.51. The molecule has 1 aromatic rings. The number of halogens is 2. The number of rotatable bonds is 7. The zero-order chi connectivity index (χ0) is 21.3. The Morgan fingerprint density at radius 1 is 1.43 bits per heavy atom. The third-order valence-electron chi connectivity index (χ3n) is 6.30. The first-order valence-corrected chi connectivity index (χ1v) is 15.0. The predicted molar refractivity (Wildman–Crippen MR) is 131 cm³/mol. The Bertz CT molecular complexity index is 686. The van der Waals surface area contributed by atoms with Crippen molar-refractivity contribution >= 4 is 59.6 Å². The average molecular weight is 633 g/mol. The van der Waals surface area contributed by atoms with Crippen molar-refractivity contribution in [2.45, 2.75) is 77.0 Å². The van der Waals surface area contributed by atoms with E-state index in [4.69, 9.17) is 9.41 Å². The molecule has 2 unspecified atom stereocenters. The summed E-state index contributed by atoms with van der Waals surface area (Å²) in [4.78, 5) is 21.9. The maximum atomic E-state index is 12.2. The molecule has 28 heavy (non-hydrogen) atoms. The van der Waals surface area contributed by atoms with E-state index in [-0.39, 0.29) is 11.0 Å². The van der Waals surface area contributed by atoms with E-state index in [1.165, 1.54) is 0 Å². The average Bonchev–Trinajstić information content (AvgIpc) is 3.12. The van der Waals surface area contributed by atoms with E-state index in [1.807, 2.05) is 0 Å². The van der Waals surface area contributed by atoms with Gasteiger partial charge in [0.1, 0.15) is 18.8 Å². The molecule has 2 heterocycles. The molecule has 6 nitrogen and oxygen atoms in total. The van der Waals surface area contributed by atoms with Gasteiger partial charge in [-0.1, -0.05) is 40.5 Å². The van der Waals surface area contributed by atoms with Crippen LogP contribution in [0.15, 0.2) is 0 Å². The minimum Gasteiger partial charge on any atom is -0.465 e. The lowest BCUT2D eigenvalue weighted by molar-refractivity contribution is 0.0896. The van der Waals surface area contributed by atoms with Gasteiger partial charge in [0.15, 0.2) is 8.32 Å². The fourth-order valence-corrected chi connectivity index (χ4v) is 5.44. The molecule has 0 bridgehead atoms. The molecular formula is C19H33I2N3O3Si. The third kappa shape index (κ3) is 5.05. The van der Waals surface area contributed by atoms with Crippen molar-refractivity contribution in [2.24, 2.45) is 5.92 Å². The Kier molecular flexibility index (Phi) is 7.91. The van der Waals surface area contributed by atoms with E-state index in [0.29, 0.717) is 13.2 Å². The third-order valence-corrected chi connectivity index (χ3v) is 13.4. The summed E-state index contributed by atoms with van der Waals surface area (Å²) in [5.41, 5.74) is -0.591. The highest BCUT2D eigenvalue weighted by Crippen LogP contribution is 2.46. The number of carboxylic acid groups (broad SMARTS) is 1. The van der Waals surface area contributed by atoms with Crippen LogP contribution in [0.3, 0.4) is 0 Å². The molecule has 2 N–H and O–H groups in total. The van der Waals surface area contributed by atoms with Crippen LogP contribution in [0.2, 0.25) is 18.1 Å². The van der Waals surface area contributed by atoms with E-state index in [9.17, 15) is 9.90 Å². The van der Waals surface area contributed by atoms with Gasteiger partial charge in [0, 0.05) is 19.1 Å². The first-order valence-electron chi connectivity index (χ1n) is 9.90. The van der Waals surface area contributed by atoms with Crippen LogP contribution in [0.4, 0.5) is 4.79 Å². The maximum absolute atomic E-state index is 12.2. The van der Waals surface area contributed by atoms with E-state index in [2.05, 4.69) is 91.0 Å². The second-order valence-electron chi connectivity index (χ2n) is 9.36. The fourth-order valence-electron chi connectivity index (χ4n) is 3.60. The van der Waals surface area contributed by atoms with Crippen molar-refractivity contribution < 1.29 is 14.3 Å². The Balaban J connectivity index is 2.31. The summed E-state index contributed by atoms with van der Waals surface area (Å²) in [7, 11) is -1.87. The number of amides is 1. The molecule has 2 atom stereocenters. The Hall–Kier alpha value is 0.117. The van der Waals surface area contributed by atoms with Gasteiger partial charge >= 0.3 is 6.09 Å². The lowest BCUT2D eigenvalue weighted by Crippen LogP contribution is -2.45. The Labute approximate surface area is 197 Å². The second-order valence-corrected chi connectivity index (χ2v) is 16.3. The van der Waals surface area contributed by atoms with Crippen LogP contribution in [0.25, 0.3) is 0 Å². The smallest absolute Gasteiger partial charge is 0.408 e. The highest BCUT2D eigenvalue weighted by molar-refractivity contribution is 14.1. The highest BCUT2D eigenvalue weighted by atomic mass is 127. The van der Waals surface area contributed by atoms with Gasteiger partial charge in [-0.3, -0.25) is 4.90 Å². The fraction of sp³-hybridized carbons (Fsp3) is 0.789. The number of hydrogen-bond donors (Lipinski definition) is 2. The second kappa shape index (κ2) is 9.09. The molecular weight excluding hydrogens is 600 g/mol. The molecule has 1 amide bonds. The zero-order valence-corrected chi connectivity index (χ0v) is 23.0. The van der Waals surface area contributed by atoms with Crippen LogP contribution in [-0.4, -0.2) is 47.5 Å². The summed E-state index contributed by atoms with van der Waals surface area (Å²) in [6, 6.07) is 0. The number of H-pyrrole nitrogens is 1. The quantitative estimate of drug-likeness (QED) is 0.284. The van der Waals surface area contributed by atoms with E-state index < -0.39 is 19.9 Å². The number of imidazole rings is 1. The van der Waals surface area contributed by atoms with Crippen LogP contribution in [0.5, 0.6) is 0 Å². The van der Waals surface area contributed by atoms with Gasteiger partial charge in [0.05, 0.1) is 0 Å². The van der Waals surface area contributed by atoms with E-state index in [0.717, 1.165) is 38.9 Å². The SMILES string of the molecule is CCCCC1(c2nc(I)c(I)[nH]2)CC(CO[Si](C)(C)C(C)(C)C)CN1C(=O)O. The van der Waals surface area contributed by atoms with Gasteiger partial charge in [0.2, 0.25) is 0 Å². The number of nitrogens with one attached hydrogen (secondary N) is 1. The van der Waals surface area contributed by atoms with Crippen LogP contribution in [0.1, 0.15) is 59.2 Å². The molecule has 2 rings (SSSR count). The lowest BCUT2D eigenvalue weighted by atomic mass is 9.86. The molecule has 0 radical (unpaired) electrons. The maximum Gasteiger partial charge on any atom is 0.408 e. The van der Waals surface area contributed by atoms with E-state index in [1.54, 1.807) is 4.90 Å². The number of aromatic amines is 1. The van der Waals surface area contributed by atoms with Crippen molar-refractivity contribution in [1.82, 2.24) is 14.9 Å². The number of likely N-dealkylation sites (tertiary alicyclic amines) is 1. The number of unbranched alkanes of at least 4 members (excludes halogenated alkanes) is 1. The summed E-state index contributed by atoms with van der Waals surface area (Å²) in [5.74, 6) is 0.967. The minimum atomic E-state index is -1.87. The summed E-state index contributed by atoms with van der Waals surface area (Å²) >= 11 is 4.44. The van der Waals surface area contributed by atoms with Gasteiger partial charge in [0.25, 0.3) is 0 Å². The molecule has 0 aliphatic carbocycles. The minimum absolute atomic E-state index is 0.143. The summed E-state index contributed by atoms with van der Waals surface area (Å²) in [6.07, 6.45) is 2.66. The van der Waals surface area contributed by atoms with Gasteiger partial charge in [-0.05, 0) is 76.2 Å². The number of hydrogen-bond acceptors (Lipinski definition) is 3. The molecule has 1 aliphatic heterocycles. The normalized spacial score (nSPS) is 23.4. The van der Waals surface area contributed by atoms with Gasteiger partial charge in [-0.25, -0.2) is 9.78 Å². The lowest BCUT2D eigenvalue weighted by Gasteiger charge is -2.37. The summed E-state index contributed by atoms with van der Waals surface area (Å²) in [5, 5.41) is 10.2. The molecule has 9 heteroatoms. The van der Waals surface area contributed by atoms with Crippen molar-refractivity contribution in [2.75, 3.05) is 13.2 Å². The van der Waals surface area contributed by atoms with Crippen LogP contribution in [0, 0.1) is 13.3 Å². The number of aromatic nitrogens is 2. The van der Waals surface area contributed by atoms with Gasteiger partial charge in [-0.15, -0.1) is 0 Å². The first-order chi connectivity index (χ1) is 12.8. The molecule has 0 saturated carbocycles. The number of carbonyl (C=O) groups is 1. The molecule has 1 fully saturated rings. The zero-order valence-electron chi connectivity index (χ0n) is 17.7. The summed E-state index contributed by atoms with van der Waals surface area (Å²) in [6.45, 7) is 14.4. The molecule has 1 aliphatic rings. The molecule has 0 aromatic carbocycles. The Morgan fingerprint density at radius 2 is 2.07 bits per heavy atom. The van der Waals surface area contributed by atoms with Crippen molar-refractivity contribution in [3.63, 3.8) is 0 Å². The van der Waals surface area contributed by atoms with Gasteiger partial charge < -0.3 is 14.5 Å². The monoisotopic (exact) mass is 633 g/mol. The standard InChI is InChI=1S/C19H33I2N3O3Si/c1-7-8-9-19(16-22-14(20)15(21)23-16)10-13(11-24(19)17(25)26)12-27-28(5,6)18(2,3)4/h13H,7-12H2,1-6H3,(H,22,23)(H,25,26). The topological polar surface area (TPSA) is 78.5 Å². The van der Waals surface area contributed by atoms with Crippen molar-refractivity contribution in [1.29, 1.82) is 0 Å².